The van der Waals surface area contributed by atoms with Gasteiger partial charge in [-0.2, -0.15) is 0 Å². The Hall–Kier alpha value is -1.75. The van der Waals surface area contributed by atoms with Gasteiger partial charge in [-0.15, -0.1) is 0 Å². The summed E-state index contributed by atoms with van der Waals surface area (Å²) in [5.41, 5.74) is 0.748. The monoisotopic (exact) mass is 308 g/mol. The lowest BCUT2D eigenvalue weighted by Crippen LogP contribution is -2.51. The molecule has 0 radical (unpaired) electrons. The van der Waals surface area contributed by atoms with E-state index in [1.165, 1.54) is 0 Å². The molecule has 0 saturated heterocycles. The van der Waals surface area contributed by atoms with E-state index in [1.54, 1.807) is 0 Å². The largest absolute Gasteiger partial charge is 0.489 e. The van der Waals surface area contributed by atoms with E-state index in [2.05, 4.69) is 10.6 Å². The zero-order chi connectivity index (χ0) is 16.6. The number of rotatable bonds is 8. The number of carbonyl (C=O) groups is 1. The Kier molecular flexibility index (Phi) is 7.18. The summed E-state index contributed by atoms with van der Waals surface area (Å²) < 4.78 is 5.77. The maximum Gasteiger partial charge on any atom is 0.315 e. The Labute approximate surface area is 133 Å². The highest BCUT2D eigenvalue weighted by atomic mass is 16.5. The third-order valence-electron chi connectivity index (χ3n) is 3.74. The van der Waals surface area contributed by atoms with Crippen LogP contribution in [0.25, 0.3) is 0 Å². The van der Waals surface area contributed by atoms with Gasteiger partial charge in [-0.3, -0.25) is 0 Å². The van der Waals surface area contributed by atoms with E-state index in [9.17, 15) is 4.79 Å². The molecule has 0 aliphatic rings. The first-order valence-electron chi connectivity index (χ1n) is 7.78. The number of urea groups is 1. The molecule has 0 aromatic heterocycles. The van der Waals surface area contributed by atoms with Gasteiger partial charge in [0.15, 0.2) is 0 Å². The second-order valence-electron chi connectivity index (χ2n) is 5.97. The molecule has 1 aromatic carbocycles. The molecule has 124 valence electrons. The van der Waals surface area contributed by atoms with Crippen LogP contribution < -0.4 is 15.4 Å². The molecular weight excluding hydrogens is 280 g/mol. The minimum Gasteiger partial charge on any atom is -0.489 e. The number of aryl methyl sites for hydroxylation is 1. The SMILES string of the molecule is CCC(C)(CCO)NC(=O)NCC(C)Oc1cccc(C)c1. The quantitative estimate of drug-likeness (QED) is 0.691. The van der Waals surface area contributed by atoms with E-state index in [1.807, 2.05) is 52.0 Å². The van der Waals surface area contributed by atoms with Gasteiger partial charge in [0.25, 0.3) is 0 Å². The lowest BCUT2D eigenvalue weighted by atomic mass is 9.95. The number of hydrogen-bond donors (Lipinski definition) is 3. The van der Waals surface area contributed by atoms with Crippen molar-refractivity contribution < 1.29 is 14.6 Å². The molecule has 2 unspecified atom stereocenters. The van der Waals surface area contributed by atoms with Crippen molar-refractivity contribution in [3.05, 3.63) is 29.8 Å². The Morgan fingerprint density at radius 1 is 1.45 bits per heavy atom. The molecule has 3 N–H and O–H groups in total. The number of nitrogens with one attached hydrogen (secondary N) is 2. The van der Waals surface area contributed by atoms with Crippen molar-refractivity contribution >= 4 is 6.03 Å². The fourth-order valence-corrected chi connectivity index (χ4v) is 2.09. The minimum atomic E-state index is -0.389. The van der Waals surface area contributed by atoms with Crippen molar-refractivity contribution in [2.45, 2.75) is 52.2 Å². The van der Waals surface area contributed by atoms with Crippen molar-refractivity contribution in [2.24, 2.45) is 0 Å². The fourth-order valence-electron chi connectivity index (χ4n) is 2.09. The molecule has 0 saturated carbocycles. The molecule has 5 heteroatoms. The predicted octanol–water partition coefficient (Wildman–Crippen LogP) is 2.61. The van der Waals surface area contributed by atoms with Gasteiger partial charge in [0.1, 0.15) is 11.9 Å². The second-order valence-corrected chi connectivity index (χ2v) is 5.97. The van der Waals surface area contributed by atoms with Crippen molar-refractivity contribution in [3.63, 3.8) is 0 Å². The van der Waals surface area contributed by atoms with Crippen LogP contribution in [0.1, 0.15) is 39.2 Å². The summed E-state index contributed by atoms with van der Waals surface area (Å²) in [4.78, 5) is 11.9. The number of amides is 2. The van der Waals surface area contributed by atoms with Crippen LogP contribution in [-0.2, 0) is 0 Å². The van der Waals surface area contributed by atoms with Gasteiger partial charge in [-0.25, -0.2) is 4.79 Å². The summed E-state index contributed by atoms with van der Waals surface area (Å²) in [7, 11) is 0. The second kappa shape index (κ2) is 8.63. The van der Waals surface area contributed by atoms with Crippen molar-refractivity contribution in [1.29, 1.82) is 0 Å². The number of carbonyl (C=O) groups excluding carboxylic acids is 1. The number of hydrogen-bond acceptors (Lipinski definition) is 3. The van der Waals surface area contributed by atoms with Gasteiger partial charge in [-0.05, 0) is 51.3 Å². The van der Waals surface area contributed by atoms with Gasteiger partial charge >= 0.3 is 6.03 Å². The molecule has 0 aliphatic heterocycles. The van der Waals surface area contributed by atoms with Gasteiger partial charge < -0.3 is 20.5 Å². The van der Waals surface area contributed by atoms with Crippen LogP contribution >= 0.6 is 0 Å². The summed E-state index contributed by atoms with van der Waals surface area (Å²) >= 11 is 0. The Bertz CT molecular complexity index is 479. The number of aliphatic hydroxyl groups excluding tert-OH is 1. The molecule has 0 aliphatic carbocycles. The zero-order valence-corrected chi connectivity index (χ0v) is 14.0. The smallest absolute Gasteiger partial charge is 0.315 e. The highest BCUT2D eigenvalue weighted by molar-refractivity contribution is 5.74. The lowest BCUT2D eigenvalue weighted by molar-refractivity contribution is 0.189. The Balaban J connectivity index is 2.40. The summed E-state index contributed by atoms with van der Waals surface area (Å²) in [6.45, 7) is 8.30. The van der Waals surface area contributed by atoms with E-state index in [0.717, 1.165) is 17.7 Å². The van der Waals surface area contributed by atoms with Crippen LogP contribution in [0.15, 0.2) is 24.3 Å². The first-order valence-corrected chi connectivity index (χ1v) is 7.78. The van der Waals surface area contributed by atoms with Crippen molar-refractivity contribution in [3.8, 4) is 5.75 Å². The molecule has 0 heterocycles. The average molecular weight is 308 g/mol. The van der Waals surface area contributed by atoms with E-state index in [-0.39, 0.29) is 24.3 Å². The minimum absolute atomic E-state index is 0.0531. The standard InChI is InChI=1S/C17H28N2O3/c1-5-17(4,9-10-20)19-16(21)18-12-14(3)22-15-8-6-7-13(2)11-15/h6-8,11,14,20H,5,9-10,12H2,1-4H3,(H2,18,19,21). The van der Waals surface area contributed by atoms with Crippen molar-refractivity contribution in [1.82, 2.24) is 10.6 Å². The lowest BCUT2D eigenvalue weighted by Gasteiger charge is -2.29. The van der Waals surface area contributed by atoms with Crippen LogP contribution in [0.3, 0.4) is 0 Å². The Morgan fingerprint density at radius 3 is 2.77 bits per heavy atom. The first-order chi connectivity index (χ1) is 10.4. The predicted molar refractivity (Wildman–Crippen MR) is 88.2 cm³/mol. The molecule has 0 spiro atoms. The average Bonchev–Trinajstić information content (AvgIpc) is 2.45. The van der Waals surface area contributed by atoms with Crippen LogP contribution in [0.4, 0.5) is 4.79 Å². The van der Waals surface area contributed by atoms with Crippen LogP contribution in [-0.4, -0.2) is 35.9 Å². The summed E-state index contributed by atoms with van der Waals surface area (Å²) in [6.07, 6.45) is 1.17. The third kappa shape index (κ3) is 6.35. The molecule has 2 atom stereocenters. The van der Waals surface area contributed by atoms with Gasteiger partial charge in [0.2, 0.25) is 0 Å². The summed E-state index contributed by atoms with van der Waals surface area (Å²) in [6, 6.07) is 7.58. The molecule has 22 heavy (non-hydrogen) atoms. The topological polar surface area (TPSA) is 70.6 Å². The van der Waals surface area contributed by atoms with Crippen LogP contribution in [0.5, 0.6) is 5.75 Å². The van der Waals surface area contributed by atoms with E-state index < -0.39 is 0 Å². The molecule has 0 bridgehead atoms. The maximum absolute atomic E-state index is 11.9. The maximum atomic E-state index is 11.9. The zero-order valence-electron chi connectivity index (χ0n) is 14.0. The van der Waals surface area contributed by atoms with E-state index >= 15 is 0 Å². The van der Waals surface area contributed by atoms with Crippen LogP contribution in [0.2, 0.25) is 0 Å². The van der Waals surface area contributed by atoms with Gasteiger partial charge in [0.05, 0.1) is 6.54 Å². The highest BCUT2D eigenvalue weighted by Gasteiger charge is 2.23. The molecule has 2 amide bonds. The molecule has 5 nitrogen and oxygen atoms in total. The normalized spacial score (nSPS) is 14.8. The molecule has 1 rings (SSSR count). The van der Waals surface area contributed by atoms with E-state index in [4.69, 9.17) is 9.84 Å². The number of ether oxygens (including phenoxy) is 1. The Morgan fingerprint density at radius 2 is 2.18 bits per heavy atom. The number of aliphatic hydroxyl groups is 1. The number of benzene rings is 1. The van der Waals surface area contributed by atoms with Crippen molar-refractivity contribution in [2.75, 3.05) is 13.2 Å². The van der Waals surface area contributed by atoms with Crippen LogP contribution in [0, 0.1) is 6.92 Å². The van der Waals surface area contributed by atoms with Gasteiger partial charge in [0, 0.05) is 12.1 Å². The summed E-state index contributed by atoms with van der Waals surface area (Å²) in [5, 5.41) is 14.8. The molecule has 0 fully saturated rings. The van der Waals surface area contributed by atoms with E-state index in [0.29, 0.717) is 13.0 Å². The highest BCUT2D eigenvalue weighted by Crippen LogP contribution is 2.14. The van der Waals surface area contributed by atoms with Gasteiger partial charge in [-0.1, -0.05) is 19.1 Å². The molecular formula is C17H28N2O3. The molecule has 1 aromatic rings. The fraction of sp³-hybridized carbons (Fsp3) is 0.588. The third-order valence-corrected chi connectivity index (χ3v) is 3.74. The first kappa shape index (κ1) is 18.3. The summed E-state index contributed by atoms with van der Waals surface area (Å²) in [5.74, 6) is 0.799.